The van der Waals surface area contributed by atoms with Gasteiger partial charge in [0.1, 0.15) is 5.75 Å². The third-order valence-electron chi connectivity index (χ3n) is 3.84. The number of rotatable bonds is 4. The predicted octanol–water partition coefficient (Wildman–Crippen LogP) is 2.32. The quantitative estimate of drug-likeness (QED) is 0.925. The van der Waals surface area contributed by atoms with E-state index in [0.717, 1.165) is 49.5 Å². The van der Waals surface area contributed by atoms with Gasteiger partial charge in [0.2, 0.25) is 0 Å². The second-order valence-electron chi connectivity index (χ2n) is 5.97. The zero-order chi connectivity index (χ0) is 15.2. The smallest absolute Gasteiger partial charge is 0.260 e. The van der Waals surface area contributed by atoms with Crippen molar-refractivity contribution in [2.24, 2.45) is 0 Å². The van der Waals surface area contributed by atoms with Gasteiger partial charge in [0.25, 0.3) is 5.91 Å². The number of nitrogens with one attached hydrogen (secondary N) is 1. The van der Waals surface area contributed by atoms with Crippen LogP contribution in [-0.4, -0.2) is 43.6 Å². The number of carbonyl (C=O) groups excluding carboxylic acids is 1. The van der Waals surface area contributed by atoms with Gasteiger partial charge in [-0.05, 0) is 43.0 Å². The van der Waals surface area contributed by atoms with E-state index >= 15 is 0 Å². The van der Waals surface area contributed by atoms with Crippen LogP contribution in [0.3, 0.4) is 0 Å². The first-order valence-corrected chi connectivity index (χ1v) is 7.80. The summed E-state index contributed by atoms with van der Waals surface area (Å²) in [7, 11) is 0. The molecule has 0 bridgehead atoms. The average molecular weight is 290 g/mol. The van der Waals surface area contributed by atoms with Crippen LogP contribution in [0.4, 0.5) is 0 Å². The molecule has 116 valence electrons. The summed E-state index contributed by atoms with van der Waals surface area (Å²) in [6.07, 6.45) is 1.01. The molecule has 1 aromatic carbocycles. The maximum atomic E-state index is 12.3. The van der Waals surface area contributed by atoms with Crippen molar-refractivity contribution in [2.45, 2.75) is 33.1 Å². The zero-order valence-electron chi connectivity index (χ0n) is 13.3. The van der Waals surface area contributed by atoms with Gasteiger partial charge in [0.05, 0.1) is 0 Å². The van der Waals surface area contributed by atoms with Crippen LogP contribution < -0.4 is 10.1 Å². The van der Waals surface area contributed by atoms with Gasteiger partial charge in [-0.25, -0.2) is 0 Å². The lowest BCUT2D eigenvalue weighted by atomic mass is 10.0. The highest BCUT2D eigenvalue weighted by atomic mass is 16.5. The van der Waals surface area contributed by atoms with E-state index in [1.807, 2.05) is 17.9 Å². The fourth-order valence-electron chi connectivity index (χ4n) is 2.57. The molecule has 4 nitrogen and oxygen atoms in total. The number of hydrogen-bond acceptors (Lipinski definition) is 3. The predicted molar refractivity (Wildman–Crippen MR) is 84.8 cm³/mol. The standard InChI is InChI=1S/C17H26N2O2/c1-13(2)15-6-5-14(3)11-16(15)21-12-17(20)19-9-4-7-18-8-10-19/h5-6,11,13,18H,4,7-10,12H2,1-3H3. The Morgan fingerprint density at radius 2 is 2.14 bits per heavy atom. The van der Waals surface area contributed by atoms with Gasteiger partial charge in [-0.1, -0.05) is 26.0 Å². The molecule has 0 unspecified atom stereocenters. The van der Waals surface area contributed by atoms with Gasteiger partial charge in [-0.3, -0.25) is 4.79 Å². The third kappa shape index (κ3) is 4.46. The minimum absolute atomic E-state index is 0.0786. The van der Waals surface area contributed by atoms with Gasteiger partial charge in [-0.2, -0.15) is 0 Å². The van der Waals surface area contributed by atoms with E-state index in [2.05, 4.69) is 31.3 Å². The molecule has 21 heavy (non-hydrogen) atoms. The molecule has 1 fully saturated rings. The van der Waals surface area contributed by atoms with Crippen molar-refractivity contribution in [1.82, 2.24) is 10.2 Å². The summed E-state index contributed by atoms with van der Waals surface area (Å²) in [4.78, 5) is 14.2. The summed E-state index contributed by atoms with van der Waals surface area (Å²) < 4.78 is 5.82. The molecular weight excluding hydrogens is 264 g/mol. The maximum Gasteiger partial charge on any atom is 0.260 e. The van der Waals surface area contributed by atoms with Gasteiger partial charge >= 0.3 is 0 Å². The lowest BCUT2D eigenvalue weighted by Gasteiger charge is -2.21. The van der Waals surface area contributed by atoms with E-state index in [1.54, 1.807) is 0 Å². The molecule has 1 N–H and O–H groups in total. The van der Waals surface area contributed by atoms with Gasteiger partial charge in [0.15, 0.2) is 6.61 Å². The highest BCUT2D eigenvalue weighted by Gasteiger charge is 2.17. The molecule has 0 radical (unpaired) electrons. The Morgan fingerprint density at radius 3 is 2.90 bits per heavy atom. The molecule has 1 aromatic rings. The number of hydrogen-bond donors (Lipinski definition) is 1. The lowest BCUT2D eigenvalue weighted by molar-refractivity contribution is -0.133. The van der Waals surface area contributed by atoms with Gasteiger partial charge in [-0.15, -0.1) is 0 Å². The topological polar surface area (TPSA) is 41.6 Å². The first kappa shape index (κ1) is 15.8. The molecule has 1 amide bonds. The molecule has 1 heterocycles. The molecule has 1 aliphatic heterocycles. The number of carbonyl (C=O) groups is 1. The normalized spacial score (nSPS) is 15.9. The van der Waals surface area contributed by atoms with Crippen LogP contribution in [0.1, 0.15) is 37.3 Å². The molecular formula is C17H26N2O2. The Hall–Kier alpha value is -1.55. The monoisotopic (exact) mass is 290 g/mol. The van der Waals surface area contributed by atoms with Crippen LogP contribution in [0.5, 0.6) is 5.75 Å². The summed E-state index contributed by atoms with van der Waals surface area (Å²) in [5.41, 5.74) is 2.31. The van der Waals surface area contributed by atoms with Gasteiger partial charge < -0.3 is 15.0 Å². The first-order chi connectivity index (χ1) is 10.1. The van der Waals surface area contributed by atoms with Crippen molar-refractivity contribution in [1.29, 1.82) is 0 Å². The van der Waals surface area contributed by atoms with Crippen molar-refractivity contribution in [3.63, 3.8) is 0 Å². The highest BCUT2D eigenvalue weighted by Crippen LogP contribution is 2.27. The summed E-state index contributed by atoms with van der Waals surface area (Å²) in [5.74, 6) is 1.30. The fraction of sp³-hybridized carbons (Fsp3) is 0.588. The van der Waals surface area contributed by atoms with Gasteiger partial charge in [0, 0.05) is 19.6 Å². The third-order valence-corrected chi connectivity index (χ3v) is 3.84. The molecule has 2 rings (SSSR count). The van der Waals surface area contributed by atoms with E-state index < -0.39 is 0 Å². The van der Waals surface area contributed by atoms with Crippen LogP contribution in [0, 0.1) is 6.92 Å². The highest BCUT2D eigenvalue weighted by molar-refractivity contribution is 5.77. The maximum absolute atomic E-state index is 12.3. The van der Waals surface area contributed by atoms with Crippen LogP contribution in [-0.2, 0) is 4.79 Å². The van der Waals surface area contributed by atoms with E-state index in [0.29, 0.717) is 5.92 Å². The largest absolute Gasteiger partial charge is 0.483 e. The van der Waals surface area contributed by atoms with Crippen LogP contribution >= 0.6 is 0 Å². The minimum atomic E-state index is 0.0786. The molecule has 4 heteroatoms. The number of aryl methyl sites for hydroxylation is 1. The van der Waals surface area contributed by atoms with Crippen molar-refractivity contribution in [3.8, 4) is 5.75 Å². The first-order valence-electron chi connectivity index (χ1n) is 7.80. The van der Waals surface area contributed by atoms with Crippen molar-refractivity contribution in [3.05, 3.63) is 29.3 Å². The van der Waals surface area contributed by atoms with Crippen LogP contribution in [0.15, 0.2) is 18.2 Å². The fourth-order valence-corrected chi connectivity index (χ4v) is 2.57. The average Bonchev–Trinajstić information content (AvgIpc) is 2.73. The van der Waals surface area contributed by atoms with E-state index in [4.69, 9.17) is 4.74 Å². The SMILES string of the molecule is Cc1ccc(C(C)C)c(OCC(=O)N2CCCNCC2)c1. The van der Waals surface area contributed by atoms with Crippen LogP contribution in [0.2, 0.25) is 0 Å². The second kappa shape index (κ2) is 7.46. The molecule has 0 saturated carbocycles. The lowest BCUT2D eigenvalue weighted by Crippen LogP contribution is -2.37. The molecule has 0 spiro atoms. The van der Waals surface area contributed by atoms with Crippen molar-refractivity contribution >= 4 is 5.91 Å². The van der Waals surface area contributed by atoms with Crippen molar-refractivity contribution < 1.29 is 9.53 Å². The number of nitrogens with zero attached hydrogens (tertiary/aromatic N) is 1. The Bertz CT molecular complexity index is 478. The van der Waals surface area contributed by atoms with E-state index in [-0.39, 0.29) is 12.5 Å². The minimum Gasteiger partial charge on any atom is -0.483 e. The second-order valence-corrected chi connectivity index (χ2v) is 5.97. The summed E-state index contributed by atoms with van der Waals surface area (Å²) in [6, 6.07) is 6.20. The Morgan fingerprint density at radius 1 is 1.33 bits per heavy atom. The molecule has 0 aromatic heterocycles. The Balaban J connectivity index is 1.98. The zero-order valence-corrected chi connectivity index (χ0v) is 13.3. The summed E-state index contributed by atoms with van der Waals surface area (Å²) >= 11 is 0. The summed E-state index contributed by atoms with van der Waals surface area (Å²) in [5, 5.41) is 3.30. The molecule has 1 saturated heterocycles. The number of ether oxygens (including phenoxy) is 1. The Labute approximate surface area is 127 Å². The van der Waals surface area contributed by atoms with Crippen molar-refractivity contribution in [2.75, 3.05) is 32.8 Å². The number of amides is 1. The Kier molecular flexibility index (Phi) is 5.62. The van der Waals surface area contributed by atoms with Crippen LogP contribution in [0.25, 0.3) is 0 Å². The molecule has 0 aliphatic carbocycles. The van der Waals surface area contributed by atoms with E-state index in [9.17, 15) is 4.79 Å². The molecule has 1 aliphatic rings. The summed E-state index contributed by atoms with van der Waals surface area (Å²) in [6.45, 7) is 9.89. The van der Waals surface area contributed by atoms with E-state index in [1.165, 1.54) is 0 Å². The number of benzene rings is 1. The molecule has 0 atom stereocenters.